The van der Waals surface area contributed by atoms with Gasteiger partial charge < -0.3 is 4.57 Å². The van der Waals surface area contributed by atoms with Crippen LogP contribution >= 0.6 is 12.6 Å². The highest BCUT2D eigenvalue weighted by Crippen LogP contribution is 2.45. The molecule has 226 valence electrons. The first kappa shape index (κ1) is 27.2. The lowest BCUT2D eigenvalue weighted by atomic mass is 9.94. The van der Waals surface area contributed by atoms with Crippen molar-refractivity contribution in [3.63, 3.8) is 0 Å². The van der Waals surface area contributed by atoms with Crippen LogP contribution in [0.15, 0.2) is 151 Å². The van der Waals surface area contributed by atoms with Crippen LogP contribution in [0.1, 0.15) is 12.0 Å². The summed E-state index contributed by atoms with van der Waals surface area (Å²) in [6.45, 7) is 0. The first-order valence-corrected chi connectivity index (χ1v) is 16.5. The van der Waals surface area contributed by atoms with Crippen molar-refractivity contribution in [3.05, 3.63) is 151 Å². The van der Waals surface area contributed by atoms with Crippen LogP contribution in [0, 0.1) is 0 Å². The van der Waals surface area contributed by atoms with Gasteiger partial charge in [0.1, 0.15) is 11.2 Å². The van der Waals surface area contributed by atoms with Crippen molar-refractivity contribution in [1.82, 2.24) is 24.1 Å². The lowest BCUT2D eigenvalue weighted by Gasteiger charge is -2.16. The molecule has 0 N–H and O–H groups in total. The molecule has 10 rings (SSSR count). The summed E-state index contributed by atoms with van der Waals surface area (Å²) in [5.41, 5.74) is 11.1. The largest absolute Gasteiger partial charge is 0.306 e. The summed E-state index contributed by atoms with van der Waals surface area (Å²) in [6, 6.07) is 42.1. The van der Waals surface area contributed by atoms with E-state index < -0.39 is 0 Å². The number of thiol groups is 1. The van der Waals surface area contributed by atoms with E-state index in [1.54, 1.807) is 0 Å². The highest BCUT2D eigenvalue weighted by atomic mass is 32.1. The molecule has 0 fully saturated rings. The molecule has 0 atom stereocenters. The molecular weight excluding hydrogens is 607 g/mol. The summed E-state index contributed by atoms with van der Waals surface area (Å²) in [4.78, 5) is 16.8. The Morgan fingerprint density at radius 1 is 0.604 bits per heavy atom. The molecule has 0 saturated carbocycles. The third-order valence-corrected chi connectivity index (χ3v) is 9.94. The Bertz CT molecular complexity index is 2810. The Hall–Kier alpha value is -5.98. The first-order valence-electron chi connectivity index (χ1n) is 16.1. The van der Waals surface area contributed by atoms with Gasteiger partial charge in [0.25, 0.3) is 0 Å². The van der Waals surface area contributed by atoms with Gasteiger partial charge in [-0.3, -0.25) is 9.55 Å². The van der Waals surface area contributed by atoms with Crippen molar-refractivity contribution < 1.29 is 0 Å². The maximum atomic E-state index is 5.49. The van der Waals surface area contributed by atoms with Gasteiger partial charge in [0.05, 0.1) is 27.6 Å². The lowest BCUT2D eigenvalue weighted by Crippen LogP contribution is -2.05. The van der Waals surface area contributed by atoms with Crippen molar-refractivity contribution in [2.75, 3.05) is 0 Å². The van der Waals surface area contributed by atoms with Crippen LogP contribution in [0.5, 0.6) is 0 Å². The summed E-state index contributed by atoms with van der Waals surface area (Å²) >= 11 is 5.35. The fraction of sp³-hybridized carbons (Fsp3) is 0.0238. The minimum atomic E-state index is 0.584. The van der Waals surface area contributed by atoms with E-state index in [9.17, 15) is 0 Å². The van der Waals surface area contributed by atoms with E-state index in [-0.39, 0.29) is 0 Å². The van der Waals surface area contributed by atoms with E-state index >= 15 is 0 Å². The maximum Gasteiger partial charge on any atom is 0.236 e. The number of fused-ring (bicyclic) bond motifs is 8. The van der Waals surface area contributed by atoms with Crippen LogP contribution in [-0.2, 0) is 0 Å². The Balaban J connectivity index is 1.41. The summed E-state index contributed by atoms with van der Waals surface area (Å²) in [6.07, 6.45) is 9.26. The molecule has 9 aromatic rings. The van der Waals surface area contributed by atoms with Gasteiger partial charge in [-0.2, -0.15) is 0 Å². The summed E-state index contributed by atoms with van der Waals surface area (Å²) in [7, 11) is 0. The molecular formula is C42H27N5S. The zero-order chi connectivity index (χ0) is 31.8. The summed E-state index contributed by atoms with van der Waals surface area (Å²) in [5.74, 6) is 0.584. The van der Waals surface area contributed by atoms with Gasteiger partial charge in [0.15, 0.2) is 0 Å². The predicted octanol–water partition coefficient (Wildman–Crippen LogP) is 10.5. The van der Waals surface area contributed by atoms with Crippen molar-refractivity contribution in [1.29, 1.82) is 0 Å². The van der Waals surface area contributed by atoms with E-state index in [0.717, 1.165) is 83.1 Å². The molecule has 5 aromatic carbocycles. The molecule has 6 heteroatoms. The smallest absolute Gasteiger partial charge is 0.236 e. The molecule has 1 aliphatic carbocycles. The molecule has 0 spiro atoms. The first-order chi connectivity index (χ1) is 23.8. The van der Waals surface area contributed by atoms with Crippen molar-refractivity contribution in [2.24, 2.45) is 0 Å². The van der Waals surface area contributed by atoms with Gasteiger partial charge in [-0.25, -0.2) is 9.97 Å². The minimum Gasteiger partial charge on any atom is -0.306 e. The summed E-state index contributed by atoms with van der Waals surface area (Å²) < 4.78 is 4.47. The SMILES string of the molecule is Sc1c(C2=CC=CC2)c2ccccc2c2c3ncccc3n(-c3nc(-c4ccccc4)c4c(n3)c3ccccc3n4-c3ccccc3)c12. The number of aromatic nitrogens is 5. The molecule has 5 nitrogen and oxygen atoms in total. The van der Waals surface area contributed by atoms with Gasteiger partial charge in [0, 0.05) is 38.7 Å². The van der Waals surface area contributed by atoms with Gasteiger partial charge >= 0.3 is 0 Å². The van der Waals surface area contributed by atoms with Crippen LogP contribution in [0.3, 0.4) is 0 Å². The quantitative estimate of drug-likeness (QED) is 0.196. The zero-order valence-corrected chi connectivity index (χ0v) is 26.6. The third-order valence-electron chi connectivity index (χ3n) is 9.50. The highest BCUT2D eigenvalue weighted by molar-refractivity contribution is 7.80. The second-order valence-electron chi connectivity index (χ2n) is 12.1. The van der Waals surface area contributed by atoms with Crippen molar-refractivity contribution in [2.45, 2.75) is 11.3 Å². The fourth-order valence-electron chi connectivity index (χ4n) is 7.50. The number of benzene rings is 5. The maximum absolute atomic E-state index is 5.49. The molecule has 0 radical (unpaired) electrons. The minimum absolute atomic E-state index is 0.584. The number of rotatable bonds is 4. The molecule has 48 heavy (non-hydrogen) atoms. The molecule has 4 heterocycles. The van der Waals surface area contributed by atoms with Crippen LogP contribution < -0.4 is 0 Å². The molecule has 0 aliphatic heterocycles. The molecule has 0 amide bonds. The van der Waals surface area contributed by atoms with Gasteiger partial charge in [0.2, 0.25) is 5.95 Å². The number of para-hydroxylation sites is 2. The van der Waals surface area contributed by atoms with E-state index in [4.69, 9.17) is 27.6 Å². The van der Waals surface area contributed by atoms with Crippen LogP contribution in [0.2, 0.25) is 0 Å². The Labute approximate surface area is 281 Å². The molecule has 0 unspecified atom stereocenters. The average Bonchev–Trinajstić information content (AvgIpc) is 3.88. The topological polar surface area (TPSA) is 48.5 Å². The second kappa shape index (κ2) is 10.5. The number of pyridine rings is 1. The fourth-order valence-corrected chi connectivity index (χ4v) is 7.97. The molecule has 4 aromatic heterocycles. The third kappa shape index (κ3) is 3.84. The predicted molar refractivity (Wildman–Crippen MR) is 200 cm³/mol. The standard InChI is InChI=1S/C42H27N5S/c48-41-34(26-14-7-8-15-26)29-20-9-10-21-30(29)35-38-33(24-13-25-43-38)47(39(35)41)42-44-36(27-16-3-1-4-17-27)40-37(45-42)31-22-11-12-23-32(31)46(40)28-18-5-2-6-19-28/h1-14,16-25,48H,15H2. The van der Waals surface area contributed by atoms with E-state index in [2.05, 4.69) is 130 Å². The Morgan fingerprint density at radius 3 is 2.10 bits per heavy atom. The second-order valence-corrected chi connectivity index (χ2v) is 12.6. The molecule has 0 bridgehead atoms. The monoisotopic (exact) mass is 633 g/mol. The number of hydrogen-bond acceptors (Lipinski definition) is 4. The van der Waals surface area contributed by atoms with E-state index in [1.165, 1.54) is 11.0 Å². The van der Waals surface area contributed by atoms with Crippen molar-refractivity contribution in [3.8, 4) is 22.9 Å². The van der Waals surface area contributed by atoms with E-state index in [1.807, 2.05) is 24.4 Å². The Morgan fingerprint density at radius 2 is 1.31 bits per heavy atom. The van der Waals surface area contributed by atoms with Gasteiger partial charge in [-0.15, -0.1) is 12.6 Å². The normalized spacial score (nSPS) is 13.1. The Kier molecular flexibility index (Phi) is 5.95. The van der Waals surface area contributed by atoms with Crippen LogP contribution in [0.4, 0.5) is 0 Å². The molecule has 1 aliphatic rings. The number of allylic oxidation sites excluding steroid dienone is 4. The van der Waals surface area contributed by atoms with E-state index in [0.29, 0.717) is 5.95 Å². The average molecular weight is 634 g/mol. The molecule has 0 saturated heterocycles. The van der Waals surface area contributed by atoms with Crippen LogP contribution in [-0.4, -0.2) is 24.1 Å². The van der Waals surface area contributed by atoms with Gasteiger partial charge in [-0.05, 0) is 53.1 Å². The van der Waals surface area contributed by atoms with Crippen molar-refractivity contribution >= 4 is 72.8 Å². The van der Waals surface area contributed by atoms with Gasteiger partial charge in [-0.1, -0.05) is 109 Å². The van der Waals surface area contributed by atoms with Crippen LogP contribution in [0.25, 0.3) is 83.1 Å². The lowest BCUT2D eigenvalue weighted by molar-refractivity contribution is 1.00. The highest BCUT2D eigenvalue weighted by Gasteiger charge is 2.26. The number of nitrogens with zero attached hydrogens (tertiary/aromatic N) is 5. The zero-order valence-electron chi connectivity index (χ0n) is 25.7. The number of hydrogen-bond donors (Lipinski definition) is 1. The summed E-state index contributed by atoms with van der Waals surface area (Å²) in [5, 5.41) is 4.43.